The molecule has 0 saturated carbocycles. The normalized spacial score (nSPS) is 12.2. The number of rotatable bonds is 5. The summed E-state index contributed by atoms with van der Waals surface area (Å²) in [5.74, 6) is -0.774. The number of aromatic nitrogens is 1. The lowest BCUT2D eigenvalue weighted by Crippen LogP contribution is -2.24. The minimum atomic E-state index is -0.675. The van der Waals surface area contributed by atoms with Gasteiger partial charge in [0.15, 0.2) is 0 Å². The SMILES string of the molecule is CCNC(c1cc(F)c(Cl)cc1F)c1ncccc1OC. The van der Waals surface area contributed by atoms with Crippen LogP contribution in [-0.4, -0.2) is 18.6 Å². The van der Waals surface area contributed by atoms with Crippen LogP contribution in [0.2, 0.25) is 5.02 Å². The Balaban J connectivity index is 2.56. The Morgan fingerprint density at radius 2 is 2.10 bits per heavy atom. The number of halogens is 3. The van der Waals surface area contributed by atoms with E-state index in [0.29, 0.717) is 18.0 Å². The maximum absolute atomic E-state index is 14.2. The van der Waals surface area contributed by atoms with Crippen molar-refractivity contribution >= 4 is 11.6 Å². The summed E-state index contributed by atoms with van der Waals surface area (Å²) < 4.78 is 33.1. The predicted octanol–water partition coefficient (Wildman–Crippen LogP) is 3.72. The Morgan fingerprint density at radius 1 is 1.33 bits per heavy atom. The average molecular weight is 313 g/mol. The van der Waals surface area contributed by atoms with Crippen LogP contribution in [0.15, 0.2) is 30.5 Å². The third-order valence-electron chi connectivity index (χ3n) is 3.05. The molecular weight excluding hydrogens is 298 g/mol. The lowest BCUT2D eigenvalue weighted by molar-refractivity contribution is 0.399. The number of benzene rings is 1. The van der Waals surface area contributed by atoms with Crippen molar-refractivity contribution in [3.05, 3.63) is 58.4 Å². The number of ether oxygens (including phenoxy) is 1. The first kappa shape index (κ1) is 15.7. The fourth-order valence-corrected chi connectivity index (χ4v) is 2.26. The van der Waals surface area contributed by atoms with Crippen LogP contribution >= 0.6 is 11.6 Å². The fourth-order valence-electron chi connectivity index (χ4n) is 2.11. The van der Waals surface area contributed by atoms with E-state index in [-0.39, 0.29) is 10.6 Å². The summed E-state index contributed by atoms with van der Waals surface area (Å²) in [6.45, 7) is 2.42. The molecule has 0 fully saturated rings. The van der Waals surface area contributed by atoms with Crippen LogP contribution in [0.1, 0.15) is 24.2 Å². The highest BCUT2D eigenvalue weighted by Crippen LogP contribution is 2.31. The van der Waals surface area contributed by atoms with Crippen molar-refractivity contribution in [2.75, 3.05) is 13.7 Å². The molecule has 0 radical (unpaired) electrons. The molecule has 1 heterocycles. The fraction of sp³-hybridized carbons (Fsp3) is 0.267. The van der Waals surface area contributed by atoms with Crippen LogP contribution in [0.25, 0.3) is 0 Å². The van der Waals surface area contributed by atoms with Gasteiger partial charge in [0.25, 0.3) is 0 Å². The standard InChI is InChI=1S/C15H15ClF2N2O/c1-3-19-14(15-13(21-2)5-4-6-20-15)9-7-12(18)10(16)8-11(9)17/h4-8,14,19H,3H2,1-2H3. The Kier molecular flexibility index (Phi) is 5.09. The predicted molar refractivity (Wildman–Crippen MR) is 77.7 cm³/mol. The Morgan fingerprint density at radius 3 is 2.76 bits per heavy atom. The molecular formula is C15H15ClF2N2O. The van der Waals surface area contributed by atoms with Crippen molar-refractivity contribution in [3.63, 3.8) is 0 Å². The van der Waals surface area contributed by atoms with Gasteiger partial charge in [-0.2, -0.15) is 0 Å². The molecule has 112 valence electrons. The van der Waals surface area contributed by atoms with Crippen LogP contribution < -0.4 is 10.1 Å². The second-order valence-electron chi connectivity index (χ2n) is 4.37. The minimum absolute atomic E-state index is 0.135. The van der Waals surface area contributed by atoms with E-state index in [0.717, 1.165) is 12.1 Å². The van der Waals surface area contributed by atoms with Crippen molar-refractivity contribution in [1.82, 2.24) is 10.3 Å². The third kappa shape index (κ3) is 3.31. The van der Waals surface area contributed by atoms with E-state index in [2.05, 4.69) is 10.3 Å². The summed E-state index contributed by atoms with van der Waals surface area (Å²) in [6.07, 6.45) is 1.58. The van der Waals surface area contributed by atoms with E-state index in [4.69, 9.17) is 16.3 Å². The Labute approximate surface area is 126 Å². The first-order valence-corrected chi connectivity index (χ1v) is 6.83. The van der Waals surface area contributed by atoms with Crippen LogP contribution in [0.4, 0.5) is 8.78 Å². The second kappa shape index (κ2) is 6.83. The van der Waals surface area contributed by atoms with Gasteiger partial charge in [-0.15, -0.1) is 0 Å². The van der Waals surface area contributed by atoms with Crippen molar-refractivity contribution in [1.29, 1.82) is 0 Å². The molecule has 6 heteroatoms. The molecule has 2 rings (SSSR count). The summed E-state index contributed by atoms with van der Waals surface area (Å²) >= 11 is 5.60. The Bertz CT molecular complexity index is 637. The highest BCUT2D eigenvalue weighted by atomic mass is 35.5. The number of hydrogen-bond acceptors (Lipinski definition) is 3. The van der Waals surface area contributed by atoms with Gasteiger partial charge in [0.05, 0.1) is 18.2 Å². The maximum atomic E-state index is 14.2. The van der Waals surface area contributed by atoms with Gasteiger partial charge in [0, 0.05) is 11.8 Å². The number of pyridine rings is 1. The molecule has 1 atom stereocenters. The molecule has 0 bridgehead atoms. The zero-order valence-electron chi connectivity index (χ0n) is 11.7. The number of nitrogens with zero attached hydrogens (tertiary/aromatic N) is 1. The Hall–Kier alpha value is -1.72. The van der Waals surface area contributed by atoms with Crippen LogP contribution in [0.3, 0.4) is 0 Å². The van der Waals surface area contributed by atoms with Crippen molar-refractivity contribution in [2.24, 2.45) is 0 Å². The van der Waals surface area contributed by atoms with Crippen molar-refractivity contribution < 1.29 is 13.5 Å². The van der Waals surface area contributed by atoms with Gasteiger partial charge in [0.1, 0.15) is 23.1 Å². The summed E-state index contributed by atoms with van der Waals surface area (Å²) in [5, 5.41) is 2.83. The zero-order chi connectivity index (χ0) is 15.4. The van der Waals surface area contributed by atoms with E-state index in [1.807, 2.05) is 6.92 Å². The molecule has 1 aromatic carbocycles. The number of methoxy groups -OCH3 is 1. The third-order valence-corrected chi connectivity index (χ3v) is 3.34. The molecule has 3 nitrogen and oxygen atoms in total. The summed E-state index contributed by atoms with van der Waals surface area (Å²) in [5.41, 5.74) is 0.623. The van der Waals surface area contributed by atoms with Gasteiger partial charge in [-0.05, 0) is 30.8 Å². The van der Waals surface area contributed by atoms with Gasteiger partial charge in [0.2, 0.25) is 0 Å². The monoisotopic (exact) mass is 312 g/mol. The van der Waals surface area contributed by atoms with Gasteiger partial charge < -0.3 is 10.1 Å². The molecule has 0 amide bonds. The maximum Gasteiger partial charge on any atom is 0.142 e. The van der Waals surface area contributed by atoms with Crippen molar-refractivity contribution in [2.45, 2.75) is 13.0 Å². The molecule has 21 heavy (non-hydrogen) atoms. The number of nitrogens with one attached hydrogen (secondary N) is 1. The molecule has 0 saturated heterocycles. The average Bonchev–Trinajstić information content (AvgIpc) is 2.49. The molecule has 1 N–H and O–H groups in total. The summed E-state index contributed by atoms with van der Waals surface area (Å²) in [6, 6.07) is 4.85. The number of hydrogen-bond donors (Lipinski definition) is 1. The second-order valence-corrected chi connectivity index (χ2v) is 4.78. The van der Waals surface area contributed by atoms with Crippen LogP contribution in [-0.2, 0) is 0 Å². The first-order chi connectivity index (χ1) is 10.1. The minimum Gasteiger partial charge on any atom is -0.495 e. The van der Waals surface area contributed by atoms with E-state index in [1.54, 1.807) is 18.3 Å². The highest BCUT2D eigenvalue weighted by Gasteiger charge is 2.23. The van der Waals surface area contributed by atoms with Gasteiger partial charge in [-0.1, -0.05) is 18.5 Å². The highest BCUT2D eigenvalue weighted by molar-refractivity contribution is 6.30. The molecule has 0 aliphatic rings. The van der Waals surface area contributed by atoms with Crippen LogP contribution in [0.5, 0.6) is 5.75 Å². The van der Waals surface area contributed by atoms with E-state index < -0.39 is 17.7 Å². The molecule has 2 aromatic rings. The first-order valence-electron chi connectivity index (χ1n) is 6.45. The van der Waals surface area contributed by atoms with E-state index in [1.165, 1.54) is 7.11 Å². The molecule has 0 aliphatic carbocycles. The largest absolute Gasteiger partial charge is 0.495 e. The lowest BCUT2D eigenvalue weighted by atomic mass is 10.0. The topological polar surface area (TPSA) is 34.2 Å². The lowest BCUT2D eigenvalue weighted by Gasteiger charge is -2.20. The molecule has 1 unspecified atom stereocenters. The van der Waals surface area contributed by atoms with E-state index in [9.17, 15) is 8.78 Å². The quantitative estimate of drug-likeness (QED) is 0.854. The smallest absolute Gasteiger partial charge is 0.142 e. The van der Waals surface area contributed by atoms with Gasteiger partial charge in [-0.3, -0.25) is 4.98 Å². The van der Waals surface area contributed by atoms with Gasteiger partial charge >= 0.3 is 0 Å². The molecule has 0 aliphatic heterocycles. The van der Waals surface area contributed by atoms with Gasteiger partial charge in [-0.25, -0.2) is 8.78 Å². The van der Waals surface area contributed by atoms with Crippen LogP contribution in [0, 0.1) is 11.6 Å². The van der Waals surface area contributed by atoms with E-state index >= 15 is 0 Å². The molecule has 0 spiro atoms. The zero-order valence-corrected chi connectivity index (χ0v) is 12.4. The summed E-state index contributed by atoms with van der Waals surface area (Å²) in [7, 11) is 1.50. The van der Waals surface area contributed by atoms with Crippen molar-refractivity contribution in [3.8, 4) is 5.75 Å². The summed E-state index contributed by atoms with van der Waals surface area (Å²) in [4.78, 5) is 4.23. The molecule has 1 aromatic heterocycles.